The Morgan fingerprint density at radius 1 is 1.37 bits per heavy atom. The minimum Gasteiger partial charge on any atom is -0.356 e. The van der Waals surface area contributed by atoms with Crippen molar-refractivity contribution in [1.82, 2.24) is 10.3 Å². The molecule has 3 nitrogen and oxygen atoms in total. The first kappa shape index (κ1) is 14.3. The van der Waals surface area contributed by atoms with Crippen molar-refractivity contribution in [2.45, 2.75) is 52.6 Å². The third-order valence-electron chi connectivity index (χ3n) is 3.48. The predicted octanol–water partition coefficient (Wildman–Crippen LogP) is 3.21. The number of hydrogen-bond acceptors (Lipinski definition) is 3. The number of rotatable bonds is 8. The van der Waals surface area contributed by atoms with Gasteiger partial charge in [-0.15, -0.1) is 0 Å². The summed E-state index contributed by atoms with van der Waals surface area (Å²) in [6, 6.07) is 6.90. The average Bonchev–Trinajstić information content (AvgIpc) is 3.20. The zero-order chi connectivity index (χ0) is 13.7. The van der Waals surface area contributed by atoms with Crippen LogP contribution in [0.5, 0.6) is 0 Å². The highest BCUT2D eigenvalue weighted by Crippen LogP contribution is 2.31. The summed E-state index contributed by atoms with van der Waals surface area (Å²) in [5.74, 6) is 2.06. The van der Waals surface area contributed by atoms with Crippen molar-refractivity contribution in [3.63, 3.8) is 0 Å². The van der Waals surface area contributed by atoms with Gasteiger partial charge in [0.2, 0.25) is 0 Å². The van der Waals surface area contributed by atoms with Crippen LogP contribution >= 0.6 is 0 Å². The highest BCUT2D eigenvalue weighted by Gasteiger charge is 2.24. The maximum absolute atomic E-state index is 4.81. The fourth-order valence-corrected chi connectivity index (χ4v) is 2.23. The number of hydrogen-bond donors (Lipinski definition) is 1. The Labute approximate surface area is 117 Å². The Morgan fingerprint density at radius 2 is 2.16 bits per heavy atom. The van der Waals surface area contributed by atoms with Crippen LogP contribution in [0.15, 0.2) is 18.2 Å². The topological polar surface area (TPSA) is 28.2 Å². The quantitative estimate of drug-likeness (QED) is 0.779. The molecule has 1 aromatic rings. The third kappa shape index (κ3) is 4.83. The first-order valence-corrected chi connectivity index (χ1v) is 7.63. The van der Waals surface area contributed by atoms with Gasteiger partial charge in [-0.2, -0.15) is 0 Å². The van der Waals surface area contributed by atoms with Crippen LogP contribution in [0, 0.1) is 5.92 Å². The lowest BCUT2D eigenvalue weighted by Gasteiger charge is -2.23. The summed E-state index contributed by atoms with van der Waals surface area (Å²) < 4.78 is 0. The summed E-state index contributed by atoms with van der Waals surface area (Å²) in [4.78, 5) is 7.26. The maximum atomic E-state index is 4.81. The highest BCUT2D eigenvalue weighted by atomic mass is 15.2. The van der Waals surface area contributed by atoms with E-state index in [4.69, 9.17) is 4.98 Å². The van der Waals surface area contributed by atoms with Gasteiger partial charge in [-0.25, -0.2) is 4.98 Å². The van der Waals surface area contributed by atoms with Gasteiger partial charge >= 0.3 is 0 Å². The van der Waals surface area contributed by atoms with E-state index in [1.54, 1.807) is 0 Å². The van der Waals surface area contributed by atoms with E-state index in [1.165, 1.54) is 25.8 Å². The van der Waals surface area contributed by atoms with E-state index in [2.05, 4.69) is 49.2 Å². The van der Waals surface area contributed by atoms with Gasteiger partial charge in [-0.1, -0.05) is 26.8 Å². The zero-order valence-corrected chi connectivity index (χ0v) is 12.5. The summed E-state index contributed by atoms with van der Waals surface area (Å²) in [5, 5.41) is 3.43. The van der Waals surface area contributed by atoms with Crippen LogP contribution in [-0.4, -0.2) is 24.1 Å². The maximum Gasteiger partial charge on any atom is 0.128 e. The molecule has 1 fully saturated rings. The molecule has 0 radical (unpaired) electrons. The molecule has 106 valence electrons. The molecule has 0 bridgehead atoms. The molecule has 1 heterocycles. The van der Waals surface area contributed by atoms with Gasteiger partial charge < -0.3 is 10.2 Å². The van der Waals surface area contributed by atoms with E-state index in [1.807, 2.05) is 0 Å². The van der Waals surface area contributed by atoms with Crippen molar-refractivity contribution in [3.8, 4) is 0 Å². The van der Waals surface area contributed by atoms with Crippen LogP contribution in [-0.2, 0) is 6.54 Å². The molecular weight excluding hydrogens is 234 g/mol. The monoisotopic (exact) mass is 261 g/mol. The van der Waals surface area contributed by atoms with E-state index in [-0.39, 0.29) is 0 Å². The second kappa shape index (κ2) is 6.90. The molecular formula is C16H27N3. The second-order valence-corrected chi connectivity index (χ2v) is 5.91. The lowest BCUT2D eigenvalue weighted by molar-refractivity contribution is 0.580. The third-order valence-corrected chi connectivity index (χ3v) is 3.48. The lowest BCUT2D eigenvalue weighted by atomic mass is 10.3. The van der Waals surface area contributed by atoms with E-state index >= 15 is 0 Å². The summed E-state index contributed by atoms with van der Waals surface area (Å²) in [6.07, 6.45) is 3.98. The largest absolute Gasteiger partial charge is 0.356 e. The molecule has 0 unspecified atom stereocenters. The molecule has 0 atom stereocenters. The summed E-state index contributed by atoms with van der Waals surface area (Å²) in [6.45, 7) is 9.73. The predicted molar refractivity (Wildman–Crippen MR) is 81.4 cm³/mol. The second-order valence-electron chi connectivity index (χ2n) is 5.91. The van der Waals surface area contributed by atoms with Crippen LogP contribution in [0.25, 0.3) is 0 Å². The lowest BCUT2D eigenvalue weighted by Crippen LogP contribution is -2.28. The van der Waals surface area contributed by atoms with Crippen LogP contribution in [0.4, 0.5) is 5.82 Å². The molecule has 3 heteroatoms. The van der Waals surface area contributed by atoms with Gasteiger partial charge in [0.05, 0.1) is 5.69 Å². The van der Waals surface area contributed by atoms with Gasteiger partial charge in [0, 0.05) is 25.7 Å². The van der Waals surface area contributed by atoms with Gasteiger partial charge in [-0.05, 0) is 37.3 Å². The molecule has 1 aliphatic carbocycles. The van der Waals surface area contributed by atoms with E-state index in [0.29, 0.717) is 6.04 Å². The van der Waals surface area contributed by atoms with Gasteiger partial charge in [0.15, 0.2) is 0 Å². The highest BCUT2D eigenvalue weighted by molar-refractivity contribution is 5.39. The first-order valence-electron chi connectivity index (χ1n) is 7.63. The molecule has 1 aliphatic rings. The number of aromatic nitrogens is 1. The van der Waals surface area contributed by atoms with Crippen molar-refractivity contribution in [2.24, 2.45) is 5.92 Å². The molecule has 0 aliphatic heterocycles. The molecule has 1 N–H and O–H groups in total. The number of anilines is 1. The van der Waals surface area contributed by atoms with Crippen molar-refractivity contribution in [2.75, 3.05) is 18.0 Å². The van der Waals surface area contributed by atoms with Gasteiger partial charge in [-0.3, -0.25) is 0 Å². The minimum atomic E-state index is 0.503. The standard InChI is InChI=1S/C16H27N3/c1-4-10-19(12-14-8-9-14)16-7-5-6-15(18-16)11-17-13(2)3/h5-7,13-14,17H,4,8-12H2,1-3H3. The van der Waals surface area contributed by atoms with Crippen molar-refractivity contribution in [1.29, 1.82) is 0 Å². The van der Waals surface area contributed by atoms with Crippen molar-refractivity contribution < 1.29 is 0 Å². The summed E-state index contributed by atoms with van der Waals surface area (Å²) >= 11 is 0. The molecule has 2 rings (SSSR count). The molecule has 19 heavy (non-hydrogen) atoms. The van der Waals surface area contributed by atoms with Crippen molar-refractivity contribution in [3.05, 3.63) is 23.9 Å². The number of pyridine rings is 1. The fourth-order valence-electron chi connectivity index (χ4n) is 2.23. The minimum absolute atomic E-state index is 0.503. The Morgan fingerprint density at radius 3 is 2.79 bits per heavy atom. The Kier molecular flexibility index (Phi) is 5.20. The Hall–Kier alpha value is -1.09. The van der Waals surface area contributed by atoms with Gasteiger partial charge in [0.1, 0.15) is 5.82 Å². The van der Waals surface area contributed by atoms with Crippen molar-refractivity contribution >= 4 is 5.82 Å². The van der Waals surface area contributed by atoms with Crippen LogP contribution < -0.4 is 10.2 Å². The Bertz CT molecular complexity index is 385. The van der Waals surface area contributed by atoms with E-state index in [9.17, 15) is 0 Å². The fraction of sp³-hybridized carbons (Fsp3) is 0.688. The zero-order valence-electron chi connectivity index (χ0n) is 12.5. The number of nitrogens with one attached hydrogen (secondary N) is 1. The first-order chi connectivity index (χ1) is 9.19. The summed E-state index contributed by atoms with van der Waals surface area (Å²) in [5.41, 5.74) is 1.14. The van der Waals surface area contributed by atoms with Crippen LogP contribution in [0.2, 0.25) is 0 Å². The van der Waals surface area contributed by atoms with Crippen LogP contribution in [0.3, 0.4) is 0 Å². The molecule has 0 aromatic carbocycles. The van der Waals surface area contributed by atoms with E-state index < -0.39 is 0 Å². The Balaban J connectivity index is 2.01. The summed E-state index contributed by atoms with van der Waals surface area (Å²) in [7, 11) is 0. The van der Waals surface area contributed by atoms with Gasteiger partial charge in [0.25, 0.3) is 0 Å². The molecule has 1 aromatic heterocycles. The normalized spacial score (nSPS) is 14.9. The van der Waals surface area contributed by atoms with E-state index in [0.717, 1.165) is 30.5 Å². The van der Waals surface area contributed by atoms with Crippen LogP contribution in [0.1, 0.15) is 45.7 Å². The molecule has 0 saturated heterocycles. The molecule has 0 amide bonds. The smallest absolute Gasteiger partial charge is 0.128 e. The number of nitrogens with zero attached hydrogens (tertiary/aromatic N) is 2. The SMILES string of the molecule is CCCN(CC1CC1)c1cccc(CNC(C)C)n1. The molecule has 0 spiro atoms. The average molecular weight is 261 g/mol. The molecule has 1 saturated carbocycles.